The highest BCUT2D eigenvalue weighted by Gasteiger charge is 2.04. The van der Waals surface area contributed by atoms with Crippen molar-refractivity contribution in [3.05, 3.63) is 29.8 Å². The molecule has 0 unspecified atom stereocenters. The lowest BCUT2D eigenvalue weighted by molar-refractivity contribution is 0.253. The van der Waals surface area contributed by atoms with Crippen LogP contribution in [-0.4, -0.2) is 12.0 Å². The van der Waals surface area contributed by atoms with Crippen LogP contribution in [0.1, 0.15) is 0 Å². The number of guanidine groups is 1. The van der Waals surface area contributed by atoms with Gasteiger partial charge in [-0.3, -0.25) is 10.7 Å². The molecule has 0 saturated carbocycles. The molecule has 0 aliphatic rings. The highest BCUT2D eigenvalue weighted by atomic mass is 19.2. The van der Waals surface area contributed by atoms with Crippen molar-refractivity contribution >= 4 is 17.7 Å². The first-order chi connectivity index (χ1) is 6.99. The number of carbonyl (C=O) groups is 1. The third kappa shape index (κ3) is 3.22. The molecule has 1 rings (SSSR count). The molecule has 2 amide bonds. The average molecular weight is 214 g/mol. The van der Waals surface area contributed by atoms with E-state index in [-0.39, 0.29) is 5.69 Å². The molecule has 5 nitrogen and oxygen atoms in total. The molecule has 0 fully saturated rings. The fraction of sp³-hybridized carbons (Fsp3) is 0. The number of nitrogens with one attached hydrogen (secondary N) is 3. The molecule has 0 aliphatic heterocycles. The van der Waals surface area contributed by atoms with Crippen LogP contribution in [0.5, 0.6) is 0 Å². The number of hydrogen-bond acceptors (Lipinski definition) is 2. The second-order valence-electron chi connectivity index (χ2n) is 2.62. The lowest BCUT2D eigenvalue weighted by atomic mass is 10.3. The van der Waals surface area contributed by atoms with Crippen molar-refractivity contribution in [1.29, 1.82) is 5.41 Å². The summed E-state index contributed by atoms with van der Waals surface area (Å²) < 4.78 is 25.2. The summed E-state index contributed by atoms with van der Waals surface area (Å²) in [7, 11) is 0. The number of amides is 2. The third-order valence-electron chi connectivity index (χ3n) is 1.44. The fourth-order valence-corrected chi connectivity index (χ4v) is 0.873. The molecule has 80 valence electrons. The Bertz CT molecular complexity index is 408. The molecular weight excluding hydrogens is 206 g/mol. The summed E-state index contributed by atoms with van der Waals surface area (Å²) in [5.74, 6) is -2.46. The Kier molecular flexibility index (Phi) is 3.17. The van der Waals surface area contributed by atoms with Gasteiger partial charge in [-0.05, 0) is 12.1 Å². The van der Waals surface area contributed by atoms with Gasteiger partial charge in [-0.2, -0.15) is 0 Å². The largest absolute Gasteiger partial charge is 0.351 e. The predicted molar refractivity (Wildman–Crippen MR) is 50.4 cm³/mol. The zero-order valence-corrected chi connectivity index (χ0v) is 7.47. The summed E-state index contributed by atoms with van der Waals surface area (Å²) in [6.07, 6.45) is 0. The van der Waals surface area contributed by atoms with Gasteiger partial charge >= 0.3 is 6.03 Å². The Labute approximate surface area is 83.8 Å². The molecule has 0 heterocycles. The van der Waals surface area contributed by atoms with E-state index in [4.69, 9.17) is 11.1 Å². The molecule has 0 atom stereocenters. The lowest BCUT2D eigenvalue weighted by Crippen LogP contribution is -2.38. The van der Waals surface area contributed by atoms with E-state index in [9.17, 15) is 13.6 Å². The smallest absolute Gasteiger partial charge is 0.318 e. The van der Waals surface area contributed by atoms with Crippen LogP contribution in [0, 0.1) is 17.0 Å². The van der Waals surface area contributed by atoms with E-state index in [1.807, 2.05) is 5.32 Å². The van der Waals surface area contributed by atoms with Crippen LogP contribution in [0.2, 0.25) is 0 Å². The first-order valence-electron chi connectivity index (χ1n) is 3.86. The quantitative estimate of drug-likeness (QED) is 0.414. The van der Waals surface area contributed by atoms with Gasteiger partial charge in [-0.25, -0.2) is 13.6 Å². The number of hydrogen-bond donors (Lipinski definition) is 4. The van der Waals surface area contributed by atoms with Gasteiger partial charge in [0.2, 0.25) is 5.96 Å². The molecule has 0 spiro atoms. The molecule has 0 bridgehead atoms. The maximum Gasteiger partial charge on any atom is 0.318 e. The van der Waals surface area contributed by atoms with Gasteiger partial charge in [-0.1, -0.05) is 0 Å². The van der Waals surface area contributed by atoms with Crippen LogP contribution in [-0.2, 0) is 0 Å². The Hall–Kier alpha value is -2.18. The van der Waals surface area contributed by atoms with E-state index >= 15 is 0 Å². The van der Waals surface area contributed by atoms with E-state index in [0.717, 1.165) is 12.1 Å². The first-order valence-corrected chi connectivity index (χ1v) is 3.86. The monoisotopic (exact) mass is 214 g/mol. The summed E-state index contributed by atoms with van der Waals surface area (Å²) in [4.78, 5) is 10.3. The van der Waals surface area contributed by atoms with Crippen molar-refractivity contribution in [3.63, 3.8) is 0 Å². The molecule has 0 aliphatic carbocycles. The Morgan fingerprint density at radius 1 is 1.33 bits per heavy atom. The van der Waals surface area contributed by atoms with Gasteiger partial charge < -0.3 is 11.1 Å². The normalized spacial score (nSPS) is 9.47. The van der Waals surface area contributed by atoms with Gasteiger partial charge in [0, 0.05) is 11.8 Å². The molecule has 15 heavy (non-hydrogen) atoms. The van der Waals surface area contributed by atoms with Gasteiger partial charge in [-0.15, -0.1) is 0 Å². The Balaban J connectivity index is 2.69. The number of nitrogens with two attached hydrogens (primary N) is 1. The van der Waals surface area contributed by atoms with Crippen molar-refractivity contribution in [2.75, 3.05) is 5.32 Å². The van der Waals surface area contributed by atoms with Crippen molar-refractivity contribution in [2.24, 2.45) is 5.73 Å². The van der Waals surface area contributed by atoms with E-state index in [2.05, 4.69) is 5.32 Å². The molecule has 0 radical (unpaired) electrons. The zero-order chi connectivity index (χ0) is 11.4. The number of primary amides is 1. The number of rotatable bonds is 1. The lowest BCUT2D eigenvalue weighted by Gasteiger charge is -2.07. The summed E-state index contributed by atoms with van der Waals surface area (Å²) in [5, 5.41) is 11.4. The molecule has 5 N–H and O–H groups in total. The van der Waals surface area contributed by atoms with Crippen LogP contribution < -0.4 is 16.4 Å². The Morgan fingerprint density at radius 2 is 2.00 bits per heavy atom. The van der Waals surface area contributed by atoms with E-state index in [0.29, 0.717) is 0 Å². The third-order valence-corrected chi connectivity index (χ3v) is 1.44. The van der Waals surface area contributed by atoms with Crippen molar-refractivity contribution < 1.29 is 13.6 Å². The maximum atomic E-state index is 12.7. The number of halogens is 2. The maximum absolute atomic E-state index is 12.7. The van der Waals surface area contributed by atoms with Crippen molar-refractivity contribution in [3.8, 4) is 0 Å². The molecular formula is C8H8F2N4O. The summed E-state index contributed by atoms with van der Waals surface area (Å²) in [6, 6.07) is 2.05. The zero-order valence-electron chi connectivity index (χ0n) is 7.47. The van der Waals surface area contributed by atoms with Crippen LogP contribution in [0.25, 0.3) is 0 Å². The molecule has 1 aromatic rings. The molecule has 0 saturated heterocycles. The molecule has 0 aromatic heterocycles. The number of anilines is 1. The number of benzene rings is 1. The van der Waals surface area contributed by atoms with E-state index < -0.39 is 23.6 Å². The standard InChI is InChI=1S/C8H8F2N4O/c9-5-2-1-4(3-6(5)10)13-7(11)14-8(12)15/h1-3H,(H5,11,12,13,14,15). The van der Waals surface area contributed by atoms with Crippen molar-refractivity contribution in [2.45, 2.75) is 0 Å². The van der Waals surface area contributed by atoms with E-state index in [1.165, 1.54) is 6.07 Å². The molecule has 7 heteroatoms. The van der Waals surface area contributed by atoms with Crippen LogP contribution >= 0.6 is 0 Å². The second-order valence-corrected chi connectivity index (χ2v) is 2.62. The molecule has 1 aromatic carbocycles. The minimum Gasteiger partial charge on any atom is -0.351 e. The average Bonchev–Trinajstić information content (AvgIpc) is 2.10. The first kappa shape index (κ1) is 10.9. The second kappa shape index (κ2) is 4.36. The van der Waals surface area contributed by atoms with Crippen LogP contribution in [0.3, 0.4) is 0 Å². The minimum atomic E-state index is -1.05. The Morgan fingerprint density at radius 3 is 2.53 bits per heavy atom. The predicted octanol–water partition coefficient (Wildman–Crippen LogP) is 0.980. The van der Waals surface area contributed by atoms with Gasteiger partial charge in [0.15, 0.2) is 11.6 Å². The van der Waals surface area contributed by atoms with Crippen LogP contribution in [0.15, 0.2) is 18.2 Å². The fourth-order valence-electron chi connectivity index (χ4n) is 0.873. The topological polar surface area (TPSA) is 91.0 Å². The summed E-state index contributed by atoms with van der Waals surface area (Å²) >= 11 is 0. The SMILES string of the molecule is N=C(NC(N)=O)Nc1ccc(F)c(F)c1. The van der Waals surface area contributed by atoms with Gasteiger partial charge in [0.1, 0.15) is 0 Å². The minimum absolute atomic E-state index is 0.132. The van der Waals surface area contributed by atoms with Crippen molar-refractivity contribution in [1.82, 2.24) is 5.32 Å². The van der Waals surface area contributed by atoms with Gasteiger partial charge in [0.05, 0.1) is 0 Å². The van der Waals surface area contributed by atoms with Crippen LogP contribution in [0.4, 0.5) is 19.3 Å². The highest BCUT2D eigenvalue weighted by Crippen LogP contribution is 2.12. The number of urea groups is 1. The summed E-state index contributed by atoms with van der Waals surface area (Å²) in [5.41, 5.74) is 4.87. The highest BCUT2D eigenvalue weighted by molar-refractivity contribution is 6.01. The van der Waals surface area contributed by atoms with Gasteiger partial charge in [0.25, 0.3) is 0 Å². The number of carbonyl (C=O) groups excluding carboxylic acids is 1. The summed E-state index contributed by atoms with van der Waals surface area (Å²) in [6.45, 7) is 0. The van der Waals surface area contributed by atoms with E-state index in [1.54, 1.807) is 0 Å².